The van der Waals surface area contributed by atoms with Crippen molar-refractivity contribution in [1.82, 2.24) is 20.4 Å². The molecule has 252 valence electrons. The summed E-state index contributed by atoms with van der Waals surface area (Å²) in [7, 11) is 0. The van der Waals surface area contributed by atoms with Gasteiger partial charge in [0.1, 0.15) is 52.4 Å². The largest absolute Gasteiger partial charge is 0.480 e. The van der Waals surface area contributed by atoms with E-state index in [1.54, 1.807) is 45.0 Å². The summed E-state index contributed by atoms with van der Waals surface area (Å²) >= 11 is 2.72. The quantitative estimate of drug-likeness (QED) is 0.139. The van der Waals surface area contributed by atoms with Gasteiger partial charge < -0.3 is 36.8 Å². The molecule has 14 nitrogen and oxygen atoms in total. The molecule has 7 atom stereocenters. The lowest BCUT2D eigenvalue weighted by Gasteiger charge is -2.49. The third-order valence-corrected chi connectivity index (χ3v) is 11.8. The molecule has 48 heavy (non-hydrogen) atoms. The second-order valence-electron chi connectivity index (χ2n) is 12.4. The minimum atomic E-state index is -1.16. The number of nitrogens with one attached hydrogen (secondary N) is 2. The molecule has 6 rings (SSSR count). The summed E-state index contributed by atoms with van der Waals surface area (Å²) in [6.07, 6.45) is 0. The molecule has 0 aromatic heterocycles. The van der Waals surface area contributed by atoms with E-state index in [9.17, 15) is 33.9 Å². The number of carbonyl (C=O) groups excluding carboxylic acids is 5. The number of amides is 4. The van der Waals surface area contributed by atoms with Crippen LogP contribution in [-0.2, 0) is 28.8 Å². The number of carboxylic acids is 1. The van der Waals surface area contributed by atoms with Crippen molar-refractivity contribution in [2.45, 2.75) is 66.5 Å². The predicted molar refractivity (Wildman–Crippen MR) is 176 cm³/mol. The van der Waals surface area contributed by atoms with E-state index in [4.69, 9.17) is 16.2 Å². The number of fused-ring (bicyclic) bond motifs is 2. The highest BCUT2D eigenvalue weighted by atomic mass is 32.2. The Morgan fingerprint density at radius 1 is 0.896 bits per heavy atom. The molecule has 2 aromatic rings. The summed E-state index contributed by atoms with van der Waals surface area (Å²) in [5, 5.41) is 13.9. The van der Waals surface area contributed by atoms with E-state index in [1.165, 1.54) is 57.6 Å². The molecule has 3 saturated heterocycles. The van der Waals surface area contributed by atoms with E-state index in [1.807, 2.05) is 6.07 Å². The summed E-state index contributed by atoms with van der Waals surface area (Å²) in [5.41, 5.74) is 14.0. The fourth-order valence-electron chi connectivity index (χ4n) is 6.26. The van der Waals surface area contributed by atoms with Gasteiger partial charge in [-0.3, -0.25) is 24.1 Å². The molecule has 0 spiro atoms. The summed E-state index contributed by atoms with van der Waals surface area (Å²) in [6.45, 7) is 5.21. The first kappa shape index (κ1) is 33.5. The molecule has 2 aromatic carbocycles. The number of thioether (sulfide) groups is 2. The number of β-lactam (4-membered cyclic amide) rings is 2. The highest BCUT2D eigenvalue weighted by Gasteiger charge is 2.64. The number of nitrogens with two attached hydrogens (primary N) is 2. The van der Waals surface area contributed by atoms with Crippen molar-refractivity contribution in [2.75, 3.05) is 5.75 Å². The lowest BCUT2D eigenvalue weighted by molar-refractivity contribution is -0.161. The van der Waals surface area contributed by atoms with Crippen molar-refractivity contribution in [3.63, 3.8) is 0 Å². The maximum absolute atomic E-state index is 13.3. The van der Waals surface area contributed by atoms with Crippen LogP contribution in [0.25, 0.3) is 0 Å². The zero-order chi connectivity index (χ0) is 34.7. The highest BCUT2D eigenvalue weighted by Crippen LogP contribution is 2.51. The molecule has 1 unspecified atom stereocenters. The summed E-state index contributed by atoms with van der Waals surface area (Å²) in [6, 6.07) is 9.85. The third-order valence-electron chi connectivity index (χ3n) is 8.80. The minimum Gasteiger partial charge on any atom is -0.480 e. The van der Waals surface area contributed by atoms with Crippen LogP contribution in [0.1, 0.15) is 44.0 Å². The number of ether oxygens (including phenoxy) is 1. The van der Waals surface area contributed by atoms with Crippen LogP contribution < -0.4 is 26.8 Å². The second-order valence-corrected chi connectivity index (χ2v) is 15.3. The average molecular weight is 695 g/mol. The van der Waals surface area contributed by atoms with Crippen LogP contribution >= 0.6 is 23.5 Å². The van der Waals surface area contributed by atoms with Gasteiger partial charge in [0.25, 0.3) is 5.91 Å². The van der Waals surface area contributed by atoms with E-state index >= 15 is 0 Å². The van der Waals surface area contributed by atoms with Gasteiger partial charge in [0.15, 0.2) is 0 Å². The van der Waals surface area contributed by atoms with Crippen LogP contribution in [0.3, 0.4) is 0 Å². The van der Waals surface area contributed by atoms with Crippen LogP contribution in [0.15, 0.2) is 65.9 Å². The Morgan fingerprint density at radius 3 is 2.04 bits per heavy atom. The number of hydrogen-bond donors (Lipinski definition) is 5. The number of benzene rings is 2. The number of carbonyl (C=O) groups is 6. The van der Waals surface area contributed by atoms with E-state index in [2.05, 4.69) is 10.6 Å². The molecule has 3 fully saturated rings. The van der Waals surface area contributed by atoms with Crippen molar-refractivity contribution in [1.29, 1.82) is 0 Å². The maximum Gasteiger partial charge on any atom is 0.360 e. The smallest absolute Gasteiger partial charge is 0.360 e. The average Bonchev–Trinajstić information content (AvgIpc) is 3.33. The standard InChI is InChI=1S/C32H34N6O8S2/c1-14-13-47-28-20(35-24(39)18(33)15-7-5-4-6-8-15)26(41)37(28)22(14)31(45)46-17-11-9-16(10-12-17)19(34)25(40)36-21-27(42)38-23(30(43)44)32(2,3)48-29(21)38/h4-12,18-21,23,28-29H,13,33-34H2,1-3H3,(H,35,39)(H,36,40)(H,43,44)/t18-,19?,20-,21-,23+,28-,29-/m1/s1. The molecule has 4 heterocycles. The van der Waals surface area contributed by atoms with Gasteiger partial charge in [-0.15, -0.1) is 23.5 Å². The third kappa shape index (κ3) is 5.71. The van der Waals surface area contributed by atoms with E-state index in [-0.39, 0.29) is 11.4 Å². The van der Waals surface area contributed by atoms with Crippen LogP contribution in [-0.4, -0.2) is 89.8 Å². The van der Waals surface area contributed by atoms with Gasteiger partial charge in [-0.05, 0) is 49.6 Å². The van der Waals surface area contributed by atoms with E-state index in [0.29, 0.717) is 22.5 Å². The van der Waals surface area contributed by atoms with Gasteiger partial charge in [0.05, 0.1) is 0 Å². The van der Waals surface area contributed by atoms with Crippen LogP contribution in [0.4, 0.5) is 0 Å². The zero-order valence-corrected chi connectivity index (χ0v) is 27.7. The summed E-state index contributed by atoms with van der Waals surface area (Å²) in [5.74, 6) is -3.33. The van der Waals surface area contributed by atoms with Crippen molar-refractivity contribution >= 4 is 59.1 Å². The van der Waals surface area contributed by atoms with Gasteiger partial charge in [0, 0.05) is 10.5 Å². The Balaban J connectivity index is 1.05. The first-order valence-electron chi connectivity index (χ1n) is 15.1. The monoisotopic (exact) mass is 694 g/mol. The van der Waals surface area contributed by atoms with E-state index < -0.39 is 81.3 Å². The molecule has 0 saturated carbocycles. The van der Waals surface area contributed by atoms with E-state index in [0.717, 1.165) is 0 Å². The summed E-state index contributed by atoms with van der Waals surface area (Å²) < 4.78 is 4.85. The Kier molecular flexibility index (Phi) is 8.78. The number of esters is 1. The molecule has 4 amide bonds. The molecule has 16 heteroatoms. The molecule has 7 N–H and O–H groups in total. The summed E-state index contributed by atoms with van der Waals surface area (Å²) in [4.78, 5) is 79.3. The van der Waals surface area contributed by atoms with Crippen LogP contribution in [0.5, 0.6) is 5.75 Å². The molecular formula is C32H34N6O8S2. The van der Waals surface area contributed by atoms with Crippen LogP contribution in [0, 0.1) is 0 Å². The molecule has 4 aliphatic heterocycles. The number of hydrogen-bond acceptors (Lipinski definition) is 11. The van der Waals surface area contributed by atoms with Crippen LogP contribution in [0.2, 0.25) is 0 Å². The Hall–Kier alpha value is -4.38. The molecule has 0 radical (unpaired) electrons. The SMILES string of the molecule is CC1=C(C(=O)Oc2ccc(C(N)C(=O)N[C@@H]3C(=O)N4[C@@H]3SC(C)(C)[C@@H]4C(=O)O)cc2)N2C(=O)[C@@H](NC(=O)[C@H](N)c3ccccc3)[C@H]2SC1. The number of carboxylic acid groups (broad SMARTS) is 1. The van der Waals surface area contributed by atoms with Crippen molar-refractivity contribution in [2.24, 2.45) is 11.5 Å². The number of nitrogens with zero attached hydrogens (tertiary/aromatic N) is 2. The minimum absolute atomic E-state index is 0.0964. The first-order chi connectivity index (χ1) is 22.7. The van der Waals surface area contributed by atoms with Gasteiger partial charge >= 0.3 is 11.9 Å². The lowest BCUT2D eigenvalue weighted by atomic mass is 9.95. The fraction of sp³-hybridized carbons (Fsp3) is 0.375. The van der Waals surface area contributed by atoms with Gasteiger partial charge in [-0.1, -0.05) is 42.5 Å². The molecule has 4 aliphatic rings. The molecule has 0 aliphatic carbocycles. The Labute approximate surface area is 283 Å². The van der Waals surface area contributed by atoms with Crippen molar-refractivity contribution < 1.29 is 38.6 Å². The van der Waals surface area contributed by atoms with Gasteiger partial charge in [-0.2, -0.15) is 0 Å². The maximum atomic E-state index is 13.3. The zero-order valence-electron chi connectivity index (χ0n) is 26.1. The molecule has 0 bridgehead atoms. The number of rotatable bonds is 9. The number of aliphatic carboxylic acids is 1. The topological polar surface area (TPSA) is 214 Å². The Bertz CT molecular complexity index is 1740. The lowest BCUT2D eigenvalue weighted by Crippen LogP contribution is -2.71. The van der Waals surface area contributed by atoms with Gasteiger partial charge in [0.2, 0.25) is 17.7 Å². The highest BCUT2D eigenvalue weighted by molar-refractivity contribution is 8.01. The second kappa shape index (κ2) is 12.6. The van der Waals surface area contributed by atoms with Crippen molar-refractivity contribution in [3.8, 4) is 5.75 Å². The first-order valence-corrected chi connectivity index (χ1v) is 17.0. The van der Waals surface area contributed by atoms with Crippen molar-refractivity contribution in [3.05, 3.63) is 77.0 Å². The van der Waals surface area contributed by atoms with Gasteiger partial charge in [-0.25, -0.2) is 9.59 Å². The molecular weight excluding hydrogens is 661 g/mol. The normalized spacial score (nSPS) is 26.7. The fourth-order valence-corrected chi connectivity index (χ4v) is 9.17. The predicted octanol–water partition coefficient (Wildman–Crippen LogP) is 0.597. The Morgan fingerprint density at radius 2 is 1.46 bits per heavy atom.